The minimum atomic E-state index is -0.426. The van der Waals surface area contributed by atoms with Crippen LogP contribution in [0.4, 0.5) is 4.39 Å². The highest BCUT2D eigenvalue weighted by atomic mass is 79.9. The van der Waals surface area contributed by atoms with E-state index in [-0.39, 0.29) is 6.61 Å². The summed E-state index contributed by atoms with van der Waals surface area (Å²) < 4.78 is 19.7. The Morgan fingerprint density at radius 3 is 2.75 bits per heavy atom. The molecule has 0 aliphatic heterocycles. The van der Waals surface area contributed by atoms with E-state index in [0.29, 0.717) is 26.9 Å². The van der Waals surface area contributed by atoms with Gasteiger partial charge in [0.05, 0.1) is 16.1 Å². The van der Waals surface area contributed by atoms with Crippen LogP contribution in [0.1, 0.15) is 21.5 Å². The zero-order valence-electron chi connectivity index (χ0n) is 10.3. The van der Waals surface area contributed by atoms with E-state index in [1.807, 2.05) is 6.07 Å². The molecule has 2 rings (SSSR count). The van der Waals surface area contributed by atoms with Gasteiger partial charge in [-0.25, -0.2) is 4.39 Å². The van der Waals surface area contributed by atoms with Crippen LogP contribution >= 0.6 is 15.9 Å². The molecular formula is C15H9BrFNO2. The zero-order valence-corrected chi connectivity index (χ0v) is 11.9. The first-order chi connectivity index (χ1) is 9.63. The first kappa shape index (κ1) is 14.2. The summed E-state index contributed by atoms with van der Waals surface area (Å²) in [6.45, 7) is 0.000386. The predicted molar refractivity (Wildman–Crippen MR) is 75.0 cm³/mol. The molecule has 0 N–H and O–H groups in total. The summed E-state index contributed by atoms with van der Waals surface area (Å²) >= 11 is 3.28. The Labute approximate surface area is 123 Å². The number of hydrogen-bond acceptors (Lipinski definition) is 3. The average Bonchev–Trinajstić information content (AvgIpc) is 2.47. The van der Waals surface area contributed by atoms with Crippen LogP contribution in [-0.2, 0) is 6.61 Å². The normalized spacial score (nSPS) is 9.85. The fourth-order valence-corrected chi connectivity index (χ4v) is 2.13. The second-order valence-electron chi connectivity index (χ2n) is 4.01. The molecule has 0 heterocycles. The molecule has 2 aromatic carbocycles. The molecular weight excluding hydrogens is 325 g/mol. The van der Waals surface area contributed by atoms with Crippen molar-refractivity contribution in [1.82, 2.24) is 0 Å². The van der Waals surface area contributed by atoms with Gasteiger partial charge in [0, 0.05) is 11.1 Å². The molecule has 0 bridgehead atoms. The van der Waals surface area contributed by atoms with Crippen molar-refractivity contribution in [2.75, 3.05) is 0 Å². The molecule has 0 aliphatic carbocycles. The van der Waals surface area contributed by atoms with E-state index >= 15 is 0 Å². The molecule has 5 heteroatoms. The largest absolute Gasteiger partial charge is 0.488 e. The number of rotatable bonds is 4. The summed E-state index contributed by atoms with van der Waals surface area (Å²) in [5.41, 5.74) is 1.19. The van der Waals surface area contributed by atoms with Gasteiger partial charge in [0.25, 0.3) is 0 Å². The lowest BCUT2D eigenvalue weighted by molar-refractivity contribution is 0.112. The highest BCUT2D eigenvalue weighted by Crippen LogP contribution is 2.26. The third-order valence-electron chi connectivity index (χ3n) is 2.65. The van der Waals surface area contributed by atoms with Crippen molar-refractivity contribution in [2.45, 2.75) is 6.61 Å². The maximum absolute atomic E-state index is 13.6. The molecule has 0 atom stereocenters. The molecule has 0 amide bonds. The molecule has 0 spiro atoms. The lowest BCUT2D eigenvalue weighted by Gasteiger charge is -2.09. The molecule has 0 aromatic heterocycles. The summed E-state index contributed by atoms with van der Waals surface area (Å²) in [4.78, 5) is 10.6. The Balaban J connectivity index is 2.17. The fraction of sp³-hybridized carbons (Fsp3) is 0.0667. The van der Waals surface area contributed by atoms with E-state index < -0.39 is 5.82 Å². The van der Waals surface area contributed by atoms with E-state index in [1.54, 1.807) is 18.2 Å². The smallest absolute Gasteiger partial charge is 0.150 e. The quantitative estimate of drug-likeness (QED) is 0.798. The predicted octanol–water partition coefficient (Wildman–Crippen LogP) is 3.85. The summed E-state index contributed by atoms with van der Waals surface area (Å²) in [7, 11) is 0. The molecule has 0 radical (unpaired) electrons. The van der Waals surface area contributed by atoms with Gasteiger partial charge in [-0.15, -0.1) is 0 Å². The summed E-state index contributed by atoms with van der Waals surface area (Å²) in [6, 6.07) is 10.9. The van der Waals surface area contributed by atoms with Crippen molar-refractivity contribution in [3.63, 3.8) is 0 Å². The maximum atomic E-state index is 13.6. The number of carbonyl (C=O) groups is 1. The van der Waals surface area contributed by atoms with Gasteiger partial charge >= 0.3 is 0 Å². The number of halogens is 2. The van der Waals surface area contributed by atoms with Crippen LogP contribution in [0, 0.1) is 17.1 Å². The van der Waals surface area contributed by atoms with Crippen LogP contribution < -0.4 is 4.74 Å². The monoisotopic (exact) mass is 333 g/mol. The van der Waals surface area contributed by atoms with Crippen LogP contribution in [0.15, 0.2) is 40.9 Å². The summed E-state index contributed by atoms with van der Waals surface area (Å²) in [5, 5.41) is 8.79. The Kier molecular flexibility index (Phi) is 4.49. The van der Waals surface area contributed by atoms with Gasteiger partial charge in [0.2, 0.25) is 0 Å². The highest BCUT2D eigenvalue weighted by molar-refractivity contribution is 9.10. The standard InChI is InChI=1S/C15H9BrFNO2/c16-13-6-11(8-19)2-4-15(13)20-9-12-5-10(7-18)1-3-14(12)17/h1-6,8H,9H2. The molecule has 0 aliphatic rings. The Hall–Kier alpha value is -2.19. The van der Waals surface area contributed by atoms with E-state index in [1.165, 1.54) is 18.2 Å². The second-order valence-corrected chi connectivity index (χ2v) is 4.87. The van der Waals surface area contributed by atoms with E-state index in [9.17, 15) is 9.18 Å². The van der Waals surface area contributed by atoms with E-state index in [0.717, 1.165) is 6.29 Å². The Morgan fingerprint density at radius 1 is 1.30 bits per heavy atom. The molecule has 0 fully saturated rings. The zero-order chi connectivity index (χ0) is 14.5. The van der Waals surface area contributed by atoms with Crippen LogP contribution in [0.25, 0.3) is 0 Å². The van der Waals surface area contributed by atoms with Crippen molar-refractivity contribution >= 4 is 22.2 Å². The van der Waals surface area contributed by atoms with Gasteiger partial charge in [-0.1, -0.05) is 0 Å². The van der Waals surface area contributed by atoms with E-state index in [4.69, 9.17) is 10.00 Å². The van der Waals surface area contributed by atoms with Gasteiger partial charge in [-0.05, 0) is 52.3 Å². The maximum Gasteiger partial charge on any atom is 0.150 e. The minimum absolute atomic E-state index is 0.000386. The van der Waals surface area contributed by atoms with Crippen molar-refractivity contribution in [3.05, 3.63) is 63.4 Å². The number of carbonyl (C=O) groups excluding carboxylic acids is 1. The number of nitriles is 1. The molecule has 3 nitrogen and oxygen atoms in total. The molecule has 0 unspecified atom stereocenters. The van der Waals surface area contributed by atoms with Gasteiger partial charge < -0.3 is 4.74 Å². The molecule has 0 saturated heterocycles. The van der Waals surface area contributed by atoms with Gasteiger partial charge in [0.15, 0.2) is 0 Å². The molecule has 100 valence electrons. The van der Waals surface area contributed by atoms with Gasteiger partial charge in [-0.2, -0.15) is 5.26 Å². The third-order valence-corrected chi connectivity index (χ3v) is 3.27. The van der Waals surface area contributed by atoms with Crippen molar-refractivity contribution in [3.8, 4) is 11.8 Å². The Morgan fingerprint density at radius 2 is 2.10 bits per heavy atom. The first-order valence-electron chi connectivity index (χ1n) is 5.70. The summed E-state index contributed by atoms with van der Waals surface area (Å²) in [6.07, 6.45) is 0.727. The van der Waals surface area contributed by atoms with Crippen LogP contribution in [0.3, 0.4) is 0 Å². The number of ether oxygens (including phenoxy) is 1. The lowest BCUT2D eigenvalue weighted by Crippen LogP contribution is -2.00. The second kappa shape index (κ2) is 6.31. The molecule has 0 saturated carbocycles. The van der Waals surface area contributed by atoms with Gasteiger partial charge in [-0.3, -0.25) is 4.79 Å². The molecule has 20 heavy (non-hydrogen) atoms. The van der Waals surface area contributed by atoms with Crippen molar-refractivity contribution < 1.29 is 13.9 Å². The Bertz CT molecular complexity index is 695. The van der Waals surface area contributed by atoms with E-state index in [2.05, 4.69) is 15.9 Å². The van der Waals surface area contributed by atoms with Crippen LogP contribution in [-0.4, -0.2) is 6.29 Å². The van der Waals surface area contributed by atoms with Crippen molar-refractivity contribution in [2.24, 2.45) is 0 Å². The van der Waals surface area contributed by atoms with Crippen molar-refractivity contribution in [1.29, 1.82) is 5.26 Å². The number of nitrogens with zero attached hydrogens (tertiary/aromatic N) is 1. The molecule has 2 aromatic rings. The minimum Gasteiger partial charge on any atom is -0.488 e. The number of aldehydes is 1. The average molecular weight is 334 g/mol. The highest BCUT2D eigenvalue weighted by Gasteiger charge is 2.07. The lowest BCUT2D eigenvalue weighted by atomic mass is 10.1. The van der Waals surface area contributed by atoms with Gasteiger partial charge in [0.1, 0.15) is 24.5 Å². The third kappa shape index (κ3) is 3.22. The topological polar surface area (TPSA) is 50.1 Å². The van der Waals surface area contributed by atoms with Crippen LogP contribution in [0.5, 0.6) is 5.75 Å². The first-order valence-corrected chi connectivity index (χ1v) is 6.49. The number of benzene rings is 2. The summed E-state index contributed by atoms with van der Waals surface area (Å²) in [5.74, 6) is 0.0713. The number of hydrogen-bond donors (Lipinski definition) is 0. The fourth-order valence-electron chi connectivity index (χ4n) is 1.62. The SMILES string of the molecule is N#Cc1ccc(F)c(COc2ccc(C=O)cc2Br)c1. The van der Waals surface area contributed by atoms with Crippen LogP contribution in [0.2, 0.25) is 0 Å².